The zero-order valence-corrected chi connectivity index (χ0v) is 14.4. The standard InChI is InChI=1S/C16H17N3O5.ClH/c1-23-14-9-11(18-16(22)24-2)13(20)8-12(14)17-15(21)10-19-6-4-3-5-7-19;/h3-9H,10H2,1-2H3,(H2-,17,18,20,21,22);1H. The van der Waals surface area contributed by atoms with Gasteiger partial charge in [-0.15, -0.1) is 0 Å². The number of nitrogens with one attached hydrogen (secondary N) is 2. The molecule has 8 nitrogen and oxygen atoms in total. The smallest absolute Gasteiger partial charge is 0.411 e. The first-order valence-corrected chi connectivity index (χ1v) is 7.03. The summed E-state index contributed by atoms with van der Waals surface area (Å²) in [5.41, 5.74) is 0.390. The molecule has 0 aliphatic heterocycles. The van der Waals surface area contributed by atoms with Gasteiger partial charge in [-0.2, -0.15) is 4.57 Å². The number of carbonyl (C=O) groups is 2. The van der Waals surface area contributed by atoms with Crippen molar-refractivity contribution in [1.29, 1.82) is 0 Å². The average molecular weight is 368 g/mol. The highest BCUT2D eigenvalue weighted by atomic mass is 35.5. The number of carbonyl (C=O) groups excluding carboxylic acids is 2. The van der Waals surface area contributed by atoms with Crippen LogP contribution in [0.2, 0.25) is 0 Å². The van der Waals surface area contributed by atoms with E-state index in [-0.39, 0.29) is 47.7 Å². The normalized spacial score (nSPS) is 9.52. The van der Waals surface area contributed by atoms with Gasteiger partial charge in [0.2, 0.25) is 6.54 Å². The number of benzene rings is 1. The fourth-order valence-electron chi connectivity index (χ4n) is 1.99. The summed E-state index contributed by atoms with van der Waals surface area (Å²) in [5.74, 6) is -0.243. The number of amides is 2. The van der Waals surface area contributed by atoms with Crippen LogP contribution in [-0.4, -0.2) is 31.3 Å². The molecule has 1 heterocycles. The molecule has 0 aliphatic carbocycles. The van der Waals surface area contributed by atoms with Crippen LogP contribution in [0.4, 0.5) is 16.2 Å². The van der Waals surface area contributed by atoms with Gasteiger partial charge in [-0.3, -0.25) is 10.1 Å². The van der Waals surface area contributed by atoms with E-state index in [4.69, 9.17) is 4.74 Å². The third kappa shape index (κ3) is 5.54. The zero-order chi connectivity index (χ0) is 17.5. The molecule has 0 bridgehead atoms. The topological polar surface area (TPSA) is 101 Å². The predicted octanol–water partition coefficient (Wildman–Crippen LogP) is -1.49. The Morgan fingerprint density at radius 3 is 2.36 bits per heavy atom. The van der Waals surface area contributed by atoms with Crippen molar-refractivity contribution in [1.82, 2.24) is 0 Å². The van der Waals surface area contributed by atoms with Gasteiger partial charge in [0, 0.05) is 24.3 Å². The second kappa shape index (κ2) is 9.33. The number of nitrogens with zero attached hydrogens (tertiary/aromatic N) is 1. The Kier molecular flexibility index (Phi) is 7.48. The molecule has 0 fully saturated rings. The maximum absolute atomic E-state index is 12.1. The number of halogens is 1. The number of pyridine rings is 1. The Morgan fingerprint density at radius 1 is 1.08 bits per heavy atom. The largest absolute Gasteiger partial charge is 1.00 e. The minimum absolute atomic E-state index is 0. The number of anilines is 2. The summed E-state index contributed by atoms with van der Waals surface area (Å²) < 4.78 is 11.4. The Balaban J connectivity index is 0.00000312. The van der Waals surface area contributed by atoms with Gasteiger partial charge in [0.05, 0.1) is 25.6 Å². The molecule has 2 amide bonds. The number of aromatic hydroxyl groups is 1. The van der Waals surface area contributed by atoms with E-state index in [1.165, 1.54) is 26.4 Å². The van der Waals surface area contributed by atoms with Crippen LogP contribution in [0.3, 0.4) is 0 Å². The summed E-state index contributed by atoms with van der Waals surface area (Å²) in [4.78, 5) is 23.4. The second-order valence-electron chi connectivity index (χ2n) is 4.78. The van der Waals surface area contributed by atoms with E-state index in [1.807, 2.05) is 18.2 Å². The molecule has 3 N–H and O–H groups in total. The molecule has 1 aromatic heterocycles. The minimum atomic E-state index is -0.732. The van der Waals surface area contributed by atoms with Gasteiger partial charge >= 0.3 is 6.09 Å². The van der Waals surface area contributed by atoms with Crippen LogP contribution in [0.25, 0.3) is 0 Å². The summed E-state index contributed by atoms with van der Waals surface area (Å²) in [6, 6.07) is 8.15. The van der Waals surface area contributed by atoms with Gasteiger partial charge in [0.15, 0.2) is 12.4 Å². The Labute approximate surface area is 150 Å². The number of ether oxygens (including phenoxy) is 2. The lowest BCUT2D eigenvalue weighted by Crippen LogP contribution is -3.00. The summed E-state index contributed by atoms with van der Waals surface area (Å²) in [6.45, 7) is 0.104. The first-order valence-electron chi connectivity index (χ1n) is 7.03. The van der Waals surface area contributed by atoms with Crippen LogP contribution >= 0.6 is 0 Å². The third-order valence-electron chi connectivity index (χ3n) is 3.12. The molecule has 134 valence electrons. The van der Waals surface area contributed by atoms with Crippen molar-refractivity contribution < 1.29 is 41.1 Å². The molecule has 0 saturated heterocycles. The van der Waals surface area contributed by atoms with Gasteiger partial charge in [0.1, 0.15) is 11.5 Å². The molecule has 0 spiro atoms. The number of hydrogen-bond acceptors (Lipinski definition) is 5. The van der Waals surface area contributed by atoms with Crippen molar-refractivity contribution in [3.8, 4) is 11.5 Å². The van der Waals surface area contributed by atoms with Crippen LogP contribution in [0, 0.1) is 0 Å². The molecule has 0 aliphatic rings. The van der Waals surface area contributed by atoms with E-state index in [0.29, 0.717) is 0 Å². The first kappa shape index (κ1) is 20.0. The minimum Gasteiger partial charge on any atom is -1.00 e. The Hall–Kier alpha value is -3.00. The van der Waals surface area contributed by atoms with Crippen molar-refractivity contribution >= 4 is 23.4 Å². The first-order chi connectivity index (χ1) is 11.5. The van der Waals surface area contributed by atoms with E-state index < -0.39 is 6.09 Å². The molecule has 2 rings (SSSR count). The van der Waals surface area contributed by atoms with Crippen molar-refractivity contribution in [3.63, 3.8) is 0 Å². The van der Waals surface area contributed by atoms with Crippen LogP contribution in [0.15, 0.2) is 42.7 Å². The van der Waals surface area contributed by atoms with Crippen LogP contribution in [0.1, 0.15) is 0 Å². The zero-order valence-electron chi connectivity index (χ0n) is 13.7. The molecule has 1 aromatic carbocycles. The molecular formula is C16H18ClN3O5. The summed E-state index contributed by atoms with van der Waals surface area (Å²) >= 11 is 0. The summed E-state index contributed by atoms with van der Waals surface area (Å²) in [6.07, 6.45) is 2.79. The summed E-state index contributed by atoms with van der Waals surface area (Å²) in [7, 11) is 2.62. The maximum Gasteiger partial charge on any atom is 0.411 e. The highest BCUT2D eigenvalue weighted by Gasteiger charge is 2.16. The van der Waals surface area contributed by atoms with Crippen molar-refractivity contribution in [3.05, 3.63) is 42.7 Å². The summed E-state index contributed by atoms with van der Waals surface area (Å²) in [5, 5.41) is 15.0. The van der Waals surface area contributed by atoms with Gasteiger partial charge in [-0.05, 0) is 0 Å². The average Bonchev–Trinajstić information content (AvgIpc) is 2.57. The molecule has 0 radical (unpaired) electrons. The third-order valence-corrected chi connectivity index (χ3v) is 3.12. The number of phenolic OH excluding ortho intramolecular Hbond substituents is 1. The van der Waals surface area contributed by atoms with Gasteiger partial charge in [-0.1, -0.05) is 6.07 Å². The fourth-order valence-corrected chi connectivity index (χ4v) is 1.99. The molecule has 0 atom stereocenters. The molecular weight excluding hydrogens is 350 g/mol. The van der Waals surface area contributed by atoms with E-state index in [2.05, 4.69) is 15.4 Å². The molecule has 0 saturated carbocycles. The van der Waals surface area contributed by atoms with Crippen LogP contribution in [0.5, 0.6) is 11.5 Å². The maximum atomic E-state index is 12.1. The highest BCUT2D eigenvalue weighted by molar-refractivity contribution is 5.94. The van der Waals surface area contributed by atoms with Crippen molar-refractivity contribution in [2.75, 3.05) is 24.9 Å². The van der Waals surface area contributed by atoms with E-state index in [9.17, 15) is 14.7 Å². The number of hydrogen-bond donors (Lipinski definition) is 3. The molecule has 0 unspecified atom stereocenters. The molecule has 25 heavy (non-hydrogen) atoms. The Bertz CT molecular complexity index is 740. The van der Waals surface area contributed by atoms with Crippen molar-refractivity contribution in [2.45, 2.75) is 6.54 Å². The highest BCUT2D eigenvalue weighted by Crippen LogP contribution is 2.35. The Morgan fingerprint density at radius 2 is 1.76 bits per heavy atom. The number of rotatable bonds is 5. The number of phenols is 1. The lowest BCUT2D eigenvalue weighted by Gasteiger charge is -2.13. The van der Waals surface area contributed by atoms with E-state index in [0.717, 1.165) is 0 Å². The van der Waals surface area contributed by atoms with Gasteiger partial charge < -0.3 is 32.3 Å². The quantitative estimate of drug-likeness (QED) is 0.441. The van der Waals surface area contributed by atoms with E-state index >= 15 is 0 Å². The number of methoxy groups -OCH3 is 2. The second-order valence-corrected chi connectivity index (χ2v) is 4.78. The van der Waals surface area contributed by atoms with Gasteiger partial charge in [0.25, 0.3) is 5.91 Å². The molecule has 9 heteroatoms. The van der Waals surface area contributed by atoms with E-state index in [1.54, 1.807) is 17.0 Å². The van der Waals surface area contributed by atoms with Crippen LogP contribution < -0.4 is 32.3 Å². The lowest BCUT2D eigenvalue weighted by atomic mass is 10.2. The van der Waals surface area contributed by atoms with Crippen molar-refractivity contribution in [2.24, 2.45) is 0 Å². The SMILES string of the molecule is COC(=O)Nc1cc(OC)c(NC(=O)C[n+]2ccccc2)cc1O.[Cl-]. The fraction of sp³-hybridized carbons (Fsp3) is 0.188. The lowest BCUT2D eigenvalue weighted by molar-refractivity contribution is -0.684. The van der Waals surface area contributed by atoms with Crippen LogP contribution in [-0.2, 0) is 16.1 Å². The monoisotopic (exact) mass is 367 g/mol. The number of aromatic nitrogens is 1. The predicted molar refractivity (Wildman–Crippen MR) is 86.0 cm³/mol. The van der Waals surface area contributed by atoms with Gasteiger partial charge in [-0.25, -0.2) is 4.79 Å². The molecule has 2 aromatic rings.